The predicted molar refractivity (Wildman–Crippen MR) is 96.8 cm³/mol. The molecule has 0 fully saturated rings. The molecule has 22 heavy (non-hydrogen) atoms. The van der Waals surface area contributed by atoms with E-state index in [4.69, 9.17) is 10.2 Å². The van der Waals surface area contributed by atoms with Crippen molar-refractivity contribution in [2.75, 3.05) is 5.73 Å². The van der Waals surface area contributed by atoms with E-state index in [0.29, 0.717) is 17.2 Å². The van der Waals surface area contributed by atoms with Gasteiger partial charge >= 0.3 is 0 Å². The zero-order valence-electron chi connectivity index (χ0n) is 11.3. The zero-order valence-corrected chi connectivity index (χ0v) is 14.5. The number of aromatic nitrogens is 1. The summed E-state index contributed by atoms with van der Waals surface area (Å²) >= 11 is 6.92. The molecular formula is C17H10Br2N2O. The first-order chi connectivity index (χ1) is 10.6. The Morgan fingerprint density at radius 3 is 2.64 bits per heavy atom. The van der Waals surface area contributed by atoms with E-state index in [-0.39, 0.29) is 0 Å². The summed E-state index contributed by atoms with van der Waals surface area (Å²) in [5.74, 6) is 0.588. The Bertz CT molecular complexity index is 1020. The van der Waals surface area contributed by atoms with Gasteiger partial charge in [0.1, 0.15) is 5.52 Å². The molecule has 0 unspecified atom stereocenters. The molecule has 0 aliphatic carbocycles. The molecule has 0 bridgehead atoms. The zero-order chi connectivity index (χ0) is 15.3. The third-order valence-corrected chi connectivity index (χ3v) is 5.09. The first kappa shape index (κ1) is 13.8. The Morgan fingerprint density at radius 1 is 1.00 bits per heavy atom. The summed E-state index contributed by atoms with van der Waals surface area (Å²) < 4.78 is 7.48. The molecule has 1 heterocycles. The highest BCUT2D eigenvalue weighted by molar-refractivity contribution is 9.11. The maximum absolute atomic E-state index is 6.01. The largest absolute Gasteiger partial charge is 0.436 e. The summed E-state index contributed by atoms with van der Waals surface area (Å²) in [5, 5.41) is 2.27. The lowest BCUT2D eigenvalue weighted by Gasteiger charge is -2.01. The van der Waals surface area contributed by atoms with Crippen molar-refractivity contribution in [3.8, 4) is 11.5 Å². The number of benzene rings is 3. The van der Waals surface area contributed by atoms with Crippen molar-refractivity contribution in [2.45, 2.75) is 0 Å². The first-order valence-corrected chi connectivity index (χ1v) is 8.26. The van der Waals surface area contributed by atoms with Gasteiger partial charge < -0.3 is 10.2 Å². The predicted octanol–water partition coefficient (Wildman–Crippen LogP) is 5.76. The second kappa shape index (κ2) is 5.11. The molecule has 0 saturated carbocycles. The third kappa shape index (κ3) is 2.04. The lowest BCUT2D eigenvalue weighted by Crippen LogP contribution is -1.88. The Labute approximate surface area is 143 Å². The highest BCUT2D eigenvalue weighted by atomic mass is 79.9. The molecule has 0 radical (unpaired) electrons. The minimum atomic E-state index is 0.588. The molecule has 1 aromatic heterocycles. The number of hydrogen-bond donors (Lipinski definition) is 1. The average molecular weight is 418 g/mol. The molecular weight excluding hydrogens is 408 g/mol. The van der Waals surface area contributed by atoms with Gasteiger partial charge in [0.2, 0.25) is 5.89 Å². The van der Waals surface area contributed by atoms with Crippen LogP contribution in [0.25, 0.3) is 33.3 Å². The molecule has 0 aliphatic rings. The summed E-state index contributed by atoms with van der Waals surface area (Å²) in [4.78, 5) is 4.62. The van der Waals surface area contributed by atoms with Gasteiger partial charge in [0, 0.05) is 10.0 Å². The smallest absolute Gasteiger partial charge is 0.227 e. The highest BCUT2D eigenvalue weighted by Crippen LogP contribution is 2.38. The molecule has 2 N–H and O–H groups in total. The molecule has 4 rings (SSSR count). The van der Waals surface area contributed by atoms with Gasteiger partial charge in [-0.2, -0.15) is 0 Å². The van der Waals surface area contributed by atoms with Crippen LogP contribution in [0.5, 0.6) is 0 Å². The molecule has 0 saturated heterocycles. The summed E-state index contributed by atoms with van der Waals surface area (Å²) in [6.45, 7) is 0. The second-order valence-corrected chi connectivity index (χ2v) is 6.63. The van der Waals surface area contributed by atoms with Crippen LogP contribution in [0.3, 0.4) is 0 Å². The number of anilines is 1. The van der Waals surface area contributed by atoms with Crippen LogP contribution in [0.15, 0.2) is 61.9 Å². The van der Waals surface area contributed by atoms with E-state index in [2.05, 4.69) is 55.0 Å². The Morgan fingerprint density at radius 2 is 1.77 bits per heavy atom. The molecule has 0 aliphatic heterocycles. The van der Waals surface area contributed by atoms with Crippen molar-refractivity contribution in [3.05, 3.63) is 57.5 Å². The topological polar surface area (TPSA) is 52.0 Å². The Balaban J connectivity index is 2.03. The van der Waals surface area contributed by atoms with Gasteiger partial charge in [0.15, 0.2) is 5.58 Å². The number of halogens is 2. The number of fused-ring (bicyclic) bond motifs is 2. The lowest BCUT2D eigenvalue weighted by molar-refractivity contribution is 0.620. The van der Waals surface area contributed by atoms with E-state index >= 15 is 0 Å². The van der Waals surface area contributed by atoms with Crippen molar-refractivity contribution < 1.29 is 4.42 Å². The summed E-state index contributed by atoms with van der Waals surface area (Å²) in [5.41, 5.74) is 9.01. The van der Waals surface area contributed by atoms with E-state index in [1.807, 2.05) is 30.3 Å². The van der Waals surface area contributed by atoms with E-state index in [1.165, 1.54) is 0 Å². The van der Waals surface area contributed by atoms with E-state index < -0.39 is 0 Å². The Hall–Kier alpha value is -1.85. The van der Waals surface area contributed by atoms with Crippen LogP contribution in [-0.4, -0.2) is 4.98 Å². The third-order valence-electron chi connectivity index (χ3n) is 3.63. The number of nitrogens with zero attached hydrogens (tertiary/aromatic N) is 1. The maximum atomic E-state index is 6.01. The number of oxazole rings is 1. The van der Waals surface area contributed by atoms with Crippen molar-refractivity contribution in [2.24, 2.45) is 0 Å². The van der Waals surface area contributed by atoms with Gasteiger partial charge in [-0.25, -0.2) is 4.98 Å². The normalized spacial score (nSPS) is 11.4. The maximum Gasteiger partial charge on any atom is 0.227 e. The standard InChI is InChI=1S/C17H10Br2N2O/c18-12-8-13-16(14(19)15(12)20)21-17(22-13)11-7-3-5-9-4-1-2-6-10(9)11/h1-8H,20H2. The van der Waals surface area contributed by atoms with Crippen LogP contribution >= 0.6 is 31.9 Å². The van der Waals surface area contributed by atoms with Gasteiger partial charge in [-0.15, -0.1) is 0 Å². The van der Waals surface area contributed by atoms with Crippen LogP contribution in [0.1, 0.15) is 0 Å². The SMILES string of the molecule is Nc1c(Br)cc2oc(-c3cccc4ccccc34)nc2c1Br. The average Bonchev–Trinajstić information content (AvgIpc) is 2.96. The van der Waals surface area contributed by atoms with Crippen LogP contribution < -0.4 is 5.73 Å². The molecule has 3 nitrogen and oxygen atoms in total. The van der Waals surface area contributed by atoms with E-state index in [0.717, 1.165) is 30.8 Å². The number of nitrogens with two attached hydrogens (primary N) is 1. The molecule has 5 heteroatoms. The number of hydrogen-bond acceptors (Lipinski definition) is 3. The molecule has 0 amide bonds. The number of nitrogen functional groups attached to an aromatic ring is 1. The number of rotatable bonds is 1. The first-order valence-electron chi connectivity index (χ1n) is 6.67. The van der Waals surface area contributed by atoms with E-state index in [9.17, 15) is 0 Å². The van der Waals surface area contributed by atoms with Crippen LogP contribution in [-0.2, 0) is 0 Å². The van der Waals surface area contributed by atoms with Crippen LogP contribution in [0, 0.1) is 0 Å². The van der Waals surface area contributed by atoms with Crippen molar-refractivity contribution in [1.29, 1.82) is 0 Å². The summed E-state index contributed by atoms with van der Waals surface area (Å²) in [7, 11) is 0. The molecule has 0 spiro atoms. The van der Waals surface area contributed by atoms with Crippen LogP contribution in [0.2, 0.25) is 0 Å². The minimum Gasteiger partial charge on any atom is -0.436 e. The summed E-state index contributed by atoms with van der Waals surface area (Å²) in [6.07, 6.45) is 0. The fraction of sp³-hybridized carbons (Fsp3) is 0. The lowest BCUT2D eigenvalue weighted by atomic mass is 10.0. The van der Waals surface area contributed by atoms with Gasteiger partial charge in [-0.05, 0) is 54.8 Å². The van der Waals surface area contributed by atoms with Crippen molar-refractivity contribution in [1.82, 2.24) is 4.98 Å². The second-order valence-electron chi connectivity index (χ2n) is 4.98. The molecule has 108 valence electrons. The quantitative estimate of drug-likeness (QED) is 0.401. The van der Waals surface area contributed by atoms with Gasteiger partial charge in [0.05, 0.1) is 10.2 Å². The summed E-state index contributed by atoms with van der Waals surface area (Å²) in [6, 6.07) is 16.1. The van der Waals surface area contributed by atoms with Crippen LogP contribution in [0.4, 0.5) is 5.69 Å². The molecule has 3 aromatic carbocycles. The Kier molecular flexibility index (Phi) is 3.20. The van der Waals surface area contributed by atoms with Gasteiger partial charge in [-0.1, -0.05) is 36.4 Å². The molecule has 4 aromatic rings. The van der Waals surface area contributed by atoms with E-state index in [1.54, 1.807) is 0 Å². The van der Waals surface area contributed by atoms with Crippen molar-refractivity contribution in [3.63, 3.8) is 0 Å². The molecule has 0 atom stereocenters. The fourth-order valence-corrected chi connectivity index (χ4v) is 3.71. The van der Waals surface area contributed by atoms with Gasteiger partial charge in [-0.3, -0.25) is 0 Å². The monoisotopic (exact) mass is 416 g/mol. The van der Waals surface area contributed by atoms with Gasteiger partial charge in [0.25, 0.3) is 0 Å². The fourth-order valence-electron chi connectivity index (χ4n) is 2.54. The highest BCUT2D eigenvalue weighted by Gasteiger charge is 2.16. The minimum absolute atomic E-state index is 0.588. The van der Waals surface area contributed by atoms with Crippen molar-refractivity contribution >= 4 is 59.4 Å².